The number of aromatic nitrogens is 3. The van der Waals surface area contributed by atoms with Gasteiger partial charge in [0.1, 0.15) is 11.5 Å². The predicted octanol–water partition coefficient (Wildman–Crippen LogP) is 5.98. The smallest absolute Gasteiger partial charge is 0.289 e. The topological polar surface area (TPSA) is 67.4 Å². The Morgan fingerprint density at radius 1 is 0.892 bits per heavy atom. The van der Waals surface area contributed by atoms with Gasteiger partial charge in [-0.1, -0.05) is 55.2 Å². The van der Waals surface area contributed by atoms with Crippen LogP contribution in [0.3, 0.4) is 0 Å². The molecule has 3 aromatic heterocycles. The van der Waals surface area contributed by atoms with Crippen molar-refractivity contribution in [3.63, 3.8) is 0 Å². The first-order chi connectivity index (χ1) is 18.2. The Hall–Kier alpha value is -3.87. The van der Waals surface area contributed by atoms with Gasteiger partial charge in [0.25, 0.3) is 5.91 Å². The number of amides is 1. The van der Waals surface area contributed by atoms with Gasteiger partial charge in [-0.05, 0) is 44.0 Å². The zero-order chi connectivity index (χ0) is 25.2. The Balaban J connectivity index is 1.26. The van der Waals surface area contributed by atoms with Crippen molar-refractivity contribution in [2.24, 2.45) is 0 Å². The highest BCUT2D eigenvalue weighted by atomic mass is 16.4. The van der Waals surface area contributed by atoms with E-state index in [4.69, 9.17) is 9.40 Å². The molecule has 0 radical (unpaired) electrons. The molecule has 4 aromatic rings. The predicted molar refractivity (Wildman–Crippen MR) is 145 cm³/mol. The number of hydrogen-bond donors (Lipinski definition) is 0. The van der Waals surface area contributed by atoms with Crippen molar-refractivity contribution < 1.29 is 9.21 Å². The highest BCUT2D eigenvalue weighted by Crippen LogP contribution is 2.38. The molecule has 7 heteroatoms. The molecule has 0 spiro atoms. The van der Waals surface area contributed by atoms with E-state index in [1.54, 1.807) is 6.20 Å². The molecule has 37 heavy (non-hydrogen) atoms. The van der Waals surface area contributed by atoms with E-state index in [0.29, 0.717) is 30.7 Å². The monoisotopic (exact) mass is 495 g/mol. The van der Waals surface area contributed by atoms with Crippen LogP contribution in [-0.4, -0.2) is 51.5 Å². The van der Waals surface area contributed by atoms with Crippen LogP contribution in [0.2, 0.25) is 0 Å². The number of imidazole rings is 1. The van der Waals surface area contributed by atoms with Gasteiger partial charge in [0.2, 0.25) is 0 Å². The lowest BCUT2D eigenvalue weighted by molar-refractivity contribution is 0.0715. The van der Waals surface area contributed by atoms with E-state index in [-0.39, 0.29) is 5.91 Å². The van der Waals surface area contributed by atoms with Gasteiger partial charge in [0.15, 0.2) is 11.5 Å². The summed E-state index contributed by atoms with van der Waals surface area (Å²) >= 11 is 0. The second-order valence-electron chi connectivity index (χ2n) is 10.1. The maximum absolute atomic E-state index is 13.4. The van der Waals surface area contributed by atoms with Gasteiger partial charge < -0.3 is 18.8 Å². The van der Waals surface area contributed by atoms with E-state index >= 15 is 0 Å². The molecule has 1 amide bonds. The highest BCUT2D eigenvalue weighted by molar-refractivity contribution is 5.92. The average Bonchev–Trinajstić information content (AvgIpc) is 3.62. The van der Waals surface area contributed by atoms with E-state index in [1.165, 1.54) is 24.8 Å². The summed E-state index contributed by atoms with van der Waals surface area (Å²) in [6.45, 7) is 4.87. The van der Waals surface area contributed by atoms with Crippen LogP contribution >= 0.6 is 0 Å². The maximum atomic E-state index is 13.4. The quantitative estimate of drug-likeness (QED) is 0.341. The molecule has 7 nitrogen and oxygen atoms in total. The fraction of sp³-hybridized carbons (Fsp3) is 0.367. The molecule has 1 aliphatic heterocycles. The molecule has 1 aliphatic carbocycles. The molecule has 0 unspecified atom stereocenters. The van der Waals surface area contributed by atoms with Crippen LogP contribution in [0.15, 0.2) is 71.5 Å². The van der Waals surface area contributed by atoms with Crippen molar-refractivity contribution in [1.82, 2.24) is 19.4 Å². The van der Waals surface area contributed by atoms with Gasteiger partial charge in [0.05, 0.1) is 12.0 Å². The minimum absolute atomic E-state index is 0.0625. The van der Waals surface area contributed by atoms with Gasteiger partial charge in [-0.15, -0.1) is 0 Å². The number of carbonyl (C=O) groups excluding carboxylic acids is 1. The van der Waals surface area contributed by atoms with Crippen LogP contribution in [0.4, 0.5) is 5.82 Å². The molecule has 2 fully saturated rings. The van der Waals surface area contributed by atoms with Gasteiger partial charge in [0, 0.05) is 44.0 Å². The number of nitrogens with zero attached hydrogens (tertiary/aromatic N) is 5. The molecular formula is C30H33N5O2. The summed E-state index contributed by atoms with van der Waals surface area (Å²) < 4.78 is 8.58. The van der Waals surface area contributed by atoms with Crippen molar-refractivity contribution in [1.29, 1.82) is 0 Å². The van der Waals surface area contributed by atoms with Crippen LogP contribution in [0.1, 0.15) is 54.3 Å². The van der Waals surface area contributed by atoms with Crippen molar-refractivity contribution in [3.8, 4) is 22.7 Å². The molecule has 6 rings (SSSR count). The summed E-state index contributed by atoms with van der Waals surface area (Å²) in [5.74, 6) is 1.98. The number of carbonyl (C=O) groups is 1. The number of benzene rings is 1. The second-order valence-corrected chi connectivity index (χ2v) is 10.1. The summed E-state index contributed by atoms with van der Waals surface area (Å²) in [6, 6.07) is 18.5. The Morgan fingerprint density at radius 2 is 1.68 bits per heavy atom. The van der Waals surface area contributed by atoms with Crippen molar-refractivity contribution in [3.05, 3.63) is 78.4 Å². The Kier molecular flexibility index (Phi) is 6.51. The normalized spacial score (nSPS) is 16.8. The minimum Gasteiger partial charge on any atom is -0.449 e. The minimum atomic E-state index is -0.0625. The first-order valence-corrected chi connectivity index (χ1v) is 13.4. The molecular weight excluding hydrogens is 462 g/mol. The number of furan rings is 1. The summed E-state index contributed by atoms with van der Waals surface area (Å²) in [5.41, 5.74) is 4.15. The van der Waals surface area contributed by atoms with Gasteiger partial charge in [-0.2, -0.15) is 0 Å². The van der Waals surface area contributed by atoms with E-state index in [0.717, 1.165) is 48.7 Å². The van der Waals surface area contributed by atoms with Gasteiger partial charge >= 0.3 is 0 Å². The molecule has 0 atom stereocenters. The molecule has 190 valence electrons. The summed E-state index contributed by atoms with van der Waals surface area (Å²) in [5, 5.41) is 0. The molecule has 1 aromatic carbocycles. The average molecular weight is 496 g/mol. The SMILES string of the molecule is Cc1ccc(-c2ncn(C3CCCCC3)c2-c2ccc(C(=O)N3CCN(c4ccccn4)CC3)o2)cc1. The third kappa shape index (κ3) is 4.78. The van der Waals surface area contributed by atoms with E-state index < -0.39 is 0 Å². The molecule has 1 saturated carbocycles. The van der Waals surface area contributed by atoms with Crippen molar-refractivity contribution in [2.45, 2.75) is 45.1 Å². The fourth-order valence-electron chi connectivity index (χ4n) is 5.58. The molecule has 0 N–H and O–H groups in total. The van der Waals surface area contributed by atoms with Gasteiger partial charge in [-0.3, -0.25) is 4.79 Å². The molecule has 2 aliphatic rings. The van der Waals surface area contributed by atoms with Crippen molar-refractivity contribution in [2.75, 3.05) is 31.1 Å². The third-order valence-corrected chi connectivity index (χ3v) is 7.68. The number of hydrogen-bond acceptors (Lipinski definition) is 5. The Morgan fingerprint density at radius 3 is 2.41 bits per heavy atom. The van der Waals surface area contributed by atoms with Crippen LogP contribution in [0.25, 0.3) is 22.7 Å². The molecule has 1 saturated heterocycles. The van der Waals surface area contributed by atoms with Crippen LogP contribution < -0.4 is 4.90 Å². The van der Waals surface area contributed by atoms with Crippen molar-refractivity contribution >= 4 is 11.7 Å². The number of aryl methyl sites for hydroxylation is 1. The summed E-state index contributed by atoms with van der Waals surface area (Å²) in [6.07, 6.45) is 9.80. The van der Waals surface area contributed by atoms with Gasteiger partial charge in [-0.25, -0.2) is 9.97 Å². The zero-order valence-corrected chi connectivity index (χ0v) is 21.3. The molecule has 4 heterocycles. The van der Waals surface area contributed by atoms with E-state index in [2.05, 4.69) is 45.6 Å². The lowest BCUT2D eigenvalue weighted by Crippen LogP contribution is -2.49. The first kappa shape index (κ1) is 23.5. The summed E-state index contributed by atoms with van der Waals surface area (Å²) in [7, 11) is 0. The lowest BCUT2D eigenvalue weighted by Gasteiger charge is -2.34. The largest absolute Gasteiger partial charge is 0.449 e. The Bertz CT molecular complexity index is 1340. The first-order valence-electron chi connectivity index (χ1n) is 13.4. The van der Waals surface area contributed by atoms with Crippen LogP contribution in [0.5, 0.6) is 0 Å². The second kappa shape index (κ2) is 10.2. The van der Waals surface area contributed by atoms with E-state index in [1.807, 2.05) is 41.6 Å². The number of rotatable bonds is 5. The standard InChI is InChI=1S/C30H33N5O2/c1-22-10-12-23(13-11-22)28-29(35(21-32-28)24-7-3-2-4-8-24)25-14-15-26(37-25)30(36)34-19-17-33(18-20-34)27-9-5-6-16-31-27/h5-6,9-16,21,24H,2-4,7-8,17-20H2,1H3. The highest BCUT2D eigenvalue weighted by Gasteiger charge is 2.28. The Labute approximate surface area is 217 Å². The van der Waals surface area contributed by atoms with E-state index in [9.17, 15) is 4.79 Å². The zero-order valence-electron chi connectivity index (χ0n) is 21.3. The van der Waals surface area contributed by atoms with Crippen LogP contribution in [-0.2, 0) is 0 Å². The lowest BCUT2D eigenvalue weighted by atomic mass is 9.95. The third-order valence-electron chi connectivity index (χ3n) is 7.68. The summed E-state index contributed by atoms with van der Waals surface area (Å²) in [4.78, 5) is 26.8. The number of piperazine rings is 1. The maximum Gasteiger partial charge on any atom is 0.289 e. The molecule has 0 bridgehead atoms. The number of pyridine rings is 1. The number of anilines is 1. The van der Waals surface area contributed by atoms with Crippen LogP contribution in [0, 0.1) is 6.92 Å². The fourth-order valence-corrected chi connectivity index (χ4v) is 5.58.